The molecule has 0 spiro atoms. The molecule has 0 amide bonds. The molecular weight excluding hydrogens is 336 g/mol. The zero-order chi connectivity index (χ0) is 18.4. The average Bonchev–Trinajstić information content (AvgIpc) is 2.58. The summed E-state index contributed by atoms with van der Waals surface area (Å²) in [4.78, 5) is 4.63. The van der Waals surface area contributed by atoms with Crippen LogP contribution in [0.2, 0.25) is 0 Å². The summed E-state index contributed by atoms with van der Waals surface area (Å²) < 4.78 is 27.1. The third kappa shape index (κ3) is 5.71. The maximum absolute atomic E-state index is 12.7. The molecule has 0 aliphatic carbocycles. The van der Waals surface area contributed by atoms with Gasteiger partial charge in [0.2, 0.25) is 10.0 Å². The molecule has 0 saturated carbocycles. The van der Waals surface area contributed by atoms with E-state index in [1.54, 1.807) is 28.6 Å². The highest BCUT2D eigenvalue weighted by atomic mass is 32.2. The van der Waals surface area contributed by atoms with E-state index in [4.69, 9.17) is 5.73 Å². The van der Waals surface area contributed by atoms with Crippen LogP contribution in [-0.4, -0.2) is 38.3 Å². The molecule has 1 fully saturated rings. The first-order chi connectivity index (χ1) is 11.8. The Kier molecular flexibility index (Phi) is 6.84. The minimum atomic E-state index is -3.40. The molecular formula is C18H30N4O2S. The second-order valence-electron chi connectivity index (χ2n) is 7.23. The third-order valence-corrected chi connectivity index (χ3v) is 6.18. The van der Waals surface area contributed by atoms with E-state index >= 15 is 0 Å². The molecule has 1 aromatic carbocycles. The van der Waals surface area contributed by atoms with E-state index in [1.165, 1.54) is 0 Å². The molecule has 140 valence electrons. The lowest BCUT2D eigenvalue weighted by atomic mass is 10.0. The van der Waals surface area contributed by atoms with Crippen molar-refractivity contribution in [3.8, 4) is 0 Å². The van der Waals surface area contributed by atoms with Gasteiger partial charge in [-0.2, -0.15) is 4.31 Å². The summed E-state index contributed by atoms with van der Waals surface area (Å²) in [6.45, 7) is 8.72. The monoisotopic (exact) mass is 366 g/mol. The van der Waals surface area contributed by atoms with Crippen molar-refractivity contribution < 1.29 is 8.42 Å². The van der Waals surface area contributed by atoms with Gasteiger partial charge in [0.15, 0.2) is 5.96 Å². The average molecular weight is 367 g/mol. The van der Waals surface area contributed by atoms with Crippen LogP contribution in [0.15, 0.2) is 34.2 Å². The van der Waals surface area contributed by atoms with Crippen molar-refractivity contribution in [2.75, 3.05) is 19.6 Å². The van der Waals surface area contributed by atoms with Gasteiger partial charge in [0, 0.05) is 19.6 Å². The van der Waals surface area contributed by atoms with Gasteiger partial charge in [-0.05, 0) is 42.4 Å². The molecule has 6 nitrogen and oxygen atoms in total. The molecule has 1 atom stereocenters. The van der Waals surface area contributed by atoms with Crippen molar-refractivity contribution >= 4 is 16.0 Å². The lowest BCUT2D eigenvalue weighted by Crippen LogP contribution is -2.39. The number of rotatable bonds is 6. The molecule has 1 unspecified atom stereocenters. The highest BCUT2D eigenvalue weighted by Gasteiger charge is 2.28. The predicted octanol–water partition coefficient (Wildman–Crippen LogP) is 2.17. The number of piperidine rings is 1. The Hall–Kier alpha value is -1.60. The van der Waals surface area contributed by atoms with Gasteiger partial charge in [-0.15, -0.1) is 0 Å². The summed E-state index contributed by atoms with van der Waals surface area (Å²) in [5.74, 6) is 1.32. The summed E-state index contributed by atoms with van der Waals surface area (Å²) in [5, 5.41) is 3.06. The highest BCUT2D eigenvalue weighted by Crippen LogP contribution is 2.23. The quantitative estimate of drug-likeness (QED) is 0.596. The minimum Gasteiger partial charge on any atom is -0.370 e. The lowest BCUT2D eigenvalue weighted by molar-refractivity contribution is 0.281. The van der Waals surface area contributed by atoms with Crippen LogP contribution in [0.3, 0.4) is 0 Å². The fourth-order valence-electron chi connectivity index (χ4n) is 2.82. The van der Waals surface area contributed by atoms with E-state index in [9.17, 15) is 8.42 Å². The maximum Gasteiger partial charge on any atom is 0.243 e. The summed E-state index contributed by atoms with van der Waals surface area (Å²) in [7, 11) is -3.40. The molecule has 0 aromatic heterocycles. The Labute approximate surface area is 151 Å². The Balaban J connectivity index is 2.00. The molecule has 1 aliphatic rings. The summed E-state index contributed by atoms with van der Waals surface area (Å²) in [6, 6.07) is 6.94. The Morgan fingerprint density at radius 2 is 2.04 bits per heavy atom. The van der Waals surface area contributed by atoms with Gasteiger partial charge in [-0.3, -0.25) is 0 Å². The first kappa shape index (κ1) is 19.7. The number of nitrogens with two attached hydrogens (primary N) is 1. The van der Waals surface area contributed by atoms with Crippen LogP contribution in [0.1, 0.15) is 39.2 Å². The second kappa shape index (κ2) is 8.67. The molecule has 1 aromatic rings. The van der Waals surface area contributed by atoms with Gasteiger partial charge in [-0.25, -0.2) is 13.4 Å². The molecule has 1 aliphatic heterocycles. The topological polar surface area (TPSA) is 87.8 Å². The number of nitrogens with zero attached hydrogens (tertiary/aromatic N) is 2. The largest absolute Gasteiger partial charge is 0.370 e. The van der Waals surface area contributed by atoms with Crippen molar-refractivity contribution in [1.29, 1.82) is 0 Å². The zero-order valence-corrected chi connectivity index (χ0v) is 16.2. The van der Waals surface area contributed by atoms with Crippen LogP contribution in [0.5, 0.6) is 0 Å². The smallest absolute Gasteiger partial charge is 0.243 e. The Morgan fingerprint density at radius 1 is 1.36 bits per heavy atom. The van der Waals surface area contributed by atoms with Gasteiger partial charge in [-0.1, -0.05) is 32.9 Å². The standard InChI is InChI=1S/C18H30N4O2S/c1-14(2)11-20-18(19)21-12-16-6-8-17(9-7-16)25(23,24)22-10-4-5-15(3)13-22/h6-9,14-15H,4-5,10-13H2,1-3H3,(H3,19,20,21). The molecule has 1 saturated heterocycles. The molecule has 2 rings (SSSR count). The van der Waals surface area contributed by atoms with Crippen molar-refractivity contribution in [3.05, 3.63) is 29.8 Å². The number of sulfonamides is 1. The first-order valence-corrected chi connectivity index (χ1v) is 10.4. The van der Waals surface area contributed by atoms with Crippen molar-refractivity contribution in [3.63, 3.8) is 0 Å². The third-order valence-electron chi connectivity index (χ3n) is 4.30. The van der Waals surface area contributed by atoms with Crippen LogP contribution in [0, 0.1) is 11.8 Å². The van der Waals surface area contributed by atoms with Crippen LogP contribution >= 0.6 is 0 Å². The zero-order valence-electron chi connectivity index (χ0n) is 15.4. The van der Waals surface area contributed by atoms with E-state index in [-0.39, 0.29) is 0 Å². The van der Waals surface area contributed by atoms with E-state index in [1.807, 2.05) is 0 Å². The highest BCUT2D eigenvalue weighted by molar-refractivity contribution is 7.89. The summed E-state index contributed by atoms with van der Waals surface area (Å²) in [6.07, 6.45) is 2.02. The SMILES string of the molecule is CC(C)CNC(N)=NCc1ccc(S(=O)(=O)N2CCCC(C)C2)cc1. The lowest BCUT2D eigenvalue weighted by Gasteiger charge is -2.30. The minimum absolute atomic E-state index is 0.347. The molecule has 0 radical (unpaired) electrons. The molecule has 7 heteroatoms. The van der Waals surface area contributed by atoms with E-state index in [0.717, 1.165) is 24.9 Å². The van der Waals surface area contributed by atoms with Gasteiger partial charge in [0.25, 0.3) is 0 Å². The summed E-state index contributed by atoms with van der Waals surface area (Å²) in [5.41, 5.74) is 6.75. The number of hydrogen-bond acceptors (Lipinski definition) is 3. The van der Waals surface area contributed by atoms with Crippen LogP contribution in [0.25, 0.3) is 0 Å². The normalized spacial score (nSPS) is 20.0. The maximum atomic E-state index is 12.7. The Morgan fingerprint density at radius 3 is 2.64 bits per heavy atom. The molecule has 0 bridgehead atoms. The number of guanidine groups is 1. The summed E-state index contributed by atoms with van der Waals surface area (Å²) >= 11 is 0. The van der Waals surface area contributed by atoms with Crippen LogP contribution < -0.4 is 11.1 Å². The number of nitrogens with one attached hydrogen (secondary N) is 1. The van der Waals surface area contributed by atoms with E-state index in [2.05, 4.69) is 31.1 Å². The fourth-order valence-corrected chi connectivity index (χ4v) is 4.42. The van der Waals surface area contributed by atoms with Crippen molar-refractivity contribution in [2.45, 2.75) is 45.1 Å². The first-order valence-electron chi connectivity index (χ1n) is 8.92. The molecule has 25 heavy (non-hydrogen) atoms. The fraction of sp³-hybridized carbons (Fsp3) is 0.611. The van der Waals surface area contributed by atoms with Crippen molar-refractivity contribution in [1.82, 2.24) is 9.62 Å². The predicted molar refractivity (Wildman–Crippen MR) is 102 cm³/mol. The van der Waals surface area contributed by atoms with E-state index < -0.39 is 10.0 Å². The van der Waals surface area contributed by atoms with Gasteiger partial charge < -0.3 is 11.1 Å². The van der Waals surface area contributed by atoms with Gasteiger partial charge >= 0.3 is 0 Å². The van der Waals surface area contributed by atoms with E-state index in [0.29, 0.717) is 42.3 Å². The Bertz CT molecular complexity index is 684. The van der Waals surface area contributed by atoms with Crippen LogP contribution in [-0.2, 0) is 16.6 Å². The number of benzene rings is 1. The molecule has 1 heterocycles. The van der Waals surface area contributed by atoms with Crippen molar-refractivity contribution in [2.24, 2.45) is 22.6 Å². The van der Waals surface area contributed by atoms with Gasteiger partial charge in [0.05, 0.1) is 11.4 Å². The molecule has 3 N–H and O–H groups in total. The van der Waals surface area contributed by atoms with Crippen LogP contribution in [0.4, 0.5) is 0 Å². The van der Waals surface area contributed by atoms with Gasteiger partial charge in [0.1, 0.15) is 0 Å². The number of hydrogen-bond donors (Lipinski definition) is 2. The second-order valence-corrected chi connectivity index (χ2v) is 9.17. The number of aliphatic imine (C=N–C) groups is 1.